The quantitative estimate of drug-likeness (QED) is 0.750. The van der Waals surface area contributed by atoms with Crippen molar-refractivity contribution in [2.75, 3.05) is 18.0 Å². The summed E-state index contributed by atoms with van der Waals surface area (Å²) in [6, 6.07) is 3.84. The summed E-state index contributed by atoms with van der Waals surface area (Å²) in [7, 11) is 0. The van der Waals surface area contributed by atoms with Gasteiger partial charge < -0.3 is 4.90 Å². The molecule has 0 spiro atoms. The molecule has 0 radical (unpaired) electrons. The average Bonchev–Trinajstić information content (AvgIpc) is 2.25. The van der Waals surface area contributed by atoms with E-state index in [1.165, 1.54) is 0 Å². The van der Waals surface area contributed by atoms with Crippen LogP contribution in [0.3, 0.4) is 0 Å². The van der Waals surface area contributed by atoms with Crippen LogP contribution in [0.1, 0.15) is 26.3 Å². The maximum Gasteiger partial charge on any atom is 0.169 e. The molecule has 15 heavy (non-hydrogen) atoms. The zero-order valence-electron chi connectivity index (χ0n) is 9.44. The van der Waals surface area contributed by atoms with Gasteiger partial charge in [0.1, 0.15) is 6.07 Å². The summed E-state index contributed by atoms with van der Waals surface area (Å²) in [6.45, 7) is 8.07. The summed E-state index contributed by atoms with van der Waals surface area (Å²) in [6.07, 6.45) is 1.55. The Balaban J connectivity index is 2.96. The molecule has 0 aliphatic carbocycles. The molecule has 0 atom stereocenters. The molecule has 0 saturated carbocycles. The lowest BCUT2D eigenvalue weighted by molar-refractivity contribution is 0.611. The normalized spacial score (nSPS) is 10.1. The molecular formula is C11H16N4. The fraction of sp³-hybridized carbons (Fsp3) is 0.545. The minimum atomic E-state index is 0.540. The van der Waals surface area contributed by atoms with Crippen molar-refractivity contribution >= 4 is 5.82 Å². The minimum absolute atomic E-state index is 0.540. The standard InChI is InChI=1S/C11H16N4/c1-4-15(8-9(2)3)11-10(7-12)5-6-13-14-11/h5-6,9H,4,8H2,1-3H3. The largest absolute Gasteiger partial charge is 0.354 e. The second kappa shape index (κ2) is 5.30. The van der Waals surface area contributed by atoms with Crippen LogP contribution >= 0.6 is 0 Å². The van der Waals surface area contributed by atoms with Crippen LogP contribution in [-0.2, 0) is 0 Å². The van der Waals surface area contributed by atoms with E-state index in [0.717, 1.165) is 13.1 Å². The van der Waals surface area contributed by atoms with Gasteiger partial charge in [0.2, 0.25) is 0 Å². The van der Waals surface area contributed by atoms with Gasteiger partial charge in [-0.3, -0.25) is 0 Å². The SMILES string of the molecule is CCN(CC(C)C)c1nnccc1C#N. The van der Waals surface area contributed by atoms with Gasteiger partial charge >= 0.3 is 0 Å². The van der Waals surface area contributed by atoms with Crippen LogP contribution in [0.25, 0.3) is 0 Å². The van der Waals surface area contributed by atoms with E-state index >= 15 is 0 Å². The highest BCUT2D eigenvalue weighted by molar-refractivity contribution is 5.52. The second-order valence-corrected chi connectivity index (χ2v) is 3.81. The smallest absolute Gasteiger partial charge is 0.169 e. The summed E-state index contributed by atoms with van der Waals surface area (Å²) in [5, 5.41) is 16.8. The number of anilines is 1. The molecule has 0 N–H and O–H groups in total. The lowest BCUT2D eigenvalue weighted by Crippen LogP contribution is -2.29. The van der Waals surface area contributed by atoms with Gasteiger partial charge in [-0.2, -0.15) is 10.4 Å². The van der Waals surface area contributed by atoms with Crippen LogP contribution in [0, 0.1) is 17.2 Å². The predicted molar refractivity (Wildman–Crippen MR) is 59.5 cm³/mol. The predicted octanol–water partition coefficient (Wildman–Crippen LogP) is 1.83. The van der Waals surface area contributed by atoms with Crippen molar-refractivity contribution < 1.29 is 0 Å². The first kappa shape index (κ1) is 11.4. The highest BCUT2D eigenvalue weighted by Crippen LogP contribution is 2.16. The first-order valence-corrected chi connectivity index (χ1v) is 5.15. The second-order valence-electron chi connectivity index (χ2n) is 3.81. The van der Waals surface area contributed by atoms with Crippen LogP contribution in [0.5, 0.6) is 0 Å². The molecule has 1 heterocycles. The van der Waals surface area contributed by atoms with E-state index in [9.17, 15) is 0 Å². The first-order valence-electron chi connectivity index (χ1n) is 5.15. The zero-order valence-corrected chi connectivity index (χ0v) is 9.44. The summed E-state index contributed by atoms with van der Waals surface area (Å²) in [5.41, 5.74) is 0.590. The molecule has 0 saturated heterocycles. The molecule has 0 aliphatic rings. The summed E-state index contributed by atoms with van der Waals surface area (Å²) in [4.78, 5) is 2.08. The van der Waals surface area contributed by atoms with Crippen LogP contribution in [0.4, 0.5) is 5.82 Å². The highest BCUT2D eigenvalue weighted by Gasteiger charge is 2.12. The van der Waals surface area contributed by atoms with Gasteiger partial charge in [0.05, 0.1) is 11.8 Å². The molecule has 0 aromatic carbocycles. The molecule has 1 rings (SSSR count). The Bertz CT molecular complexity index is 354. The Morgan fingerprint density at radius 3 is 2.80 bits per heavy atom. The van der Waals surface area contributed by atoms with Crippen LogP contribution in [0.2, 0.25) is 0 Å². The maximum absolute atomic E-state index is 8.95. The molecule has 4 heteroatoms. The van der Waals surface area contributed by atoms with E-state index in [4.69, 9.17) is 5.26 Å². The Morgan fingerprint density at radius 2 is 2.27 bits per heavy atom. The molecule has 0 aliphatic heterocycles. The number of hydrogen-bond donors (Lipinski definition) is 0. The topological polar surface area (TPSA) is 52.8 Å². The maximum atomic E-state index is 8.95. The molecule has 0 fully saturated rings. The Morgan fingerprint density at radius 1 is 1.53 bits per heavy atom. The van der Waals surface area contributed by atoms with Crippen LogP contribution < -0.4 is 4.90 Å². The van der Waals surface area contributed by atoms with E-state index < -0.39 is 0 Å². The van der Waals surface area contributed by atoms with Crippen LogP contribution in [0.15, 0.2) is 12.3 Å². The first-order chi connectivity index (χ1) is 7.19. The number of hydrogen-bond acceptors (Lipinski definition) is 4. The molecule has 0 bridgehead atoms. The van der Waals surface area contributed by atoms with Crippen molar-refractivity contribution in [1.82, 2.24) is 10.2 Å². The van der Waals surface area contributed by atoms with E-state index in [1.54, 1.807) is 12.3 Å². The number of nitriles is 1. The Kier molecular flexibility index (Phi) is 4.04. The number of aromatic nitrogens is 2. The van der Waals surface area contributed by atoms with Gasteiger partial charge in [0.25, 0.3) is 0 Å². The summed E-state index contributed by atoms with van der Waals surface area (Å²) < 4.78 is 0. The minimum Gasteiger partial charge on any atom is -0.354 e. The fourth-order valence-corrected chi connectivity index (χ4v) is 1.45. The molecule has 0 amide bonds. The van der Waals surface area contributed by atoms with Crippen molar-refractivity contribution in [3.8, 4) is 6.07 Å². The van der Waals surface area contributed by atoms with Gasteiger partial charge in [0, 0.05) is 13.1 Å². The van der Waals surface area contributed by atoms with Gasteiger partial charge in [-0.25, -0.2) is 0 Å². The number of rotatable bonds is 4. The number of nitrogens with zero attached hydrogens (tertiary/aromatic N) is 4. The third kappa shape index (κ3) is 2.91. The summed E-state index contributed by atoms with van der Waals surface area (Å²) >= 11 is 0. The third-order valence-electron chi connectivity index (χ3n) is 2.09. The van der Waals surface area contributed by atoms with Crippen molar-refractivity contribution in [1.29, 1.82) is 5.26 Å². The van der Waals surface area contributed by atoms with E-state index in [0.29, 0.717) is 17.3 Å². The van der Waals surface area contributed by atoms with Gasteiger partial charge in [-0.05, 0) is 18.9 Å². The van der Waals surface area contributed by atoms with E-state index in [2.05, 4.69) is 41.9 Å². The van der Waals surface area contributed by atoms with Crippen molar-refractivity contribution in [2.24, 2.45) is 5.92 Å². The monoisotopic (exact) mass is 204 g/mol. The van der Waals surface area contributed by atoms with E-state index in [-0.39, 0.29) is 0 Å². The van der Waals surface area contributed by atoms with Crippen molar-refractivity contribution in [3.05, 3.63) is 17.8 Å². The van der Waals surface area contributed by atoms with Crippen molar-refractivity contribution in [2.45, 2.75) is 20.8 Å². The molecule has 1 aromatic rings. The lowest BCUT2D eigenvalue weighted by atomic mass is 10.2. The zero-order chi connectivity index (χ0) is 11.3. The van der Waals surface area contributed by atoms with E-state index in [1.807, 2.05) is 0 Å². The van der Waals surface area contributed by atoms with Crippen LogP contribution in [-0.4, -0.2) is 23.3 Å². The average molecular weight is 204 g/mol. The Hall–Kier alpha value is -1.63. The van der Waals surface area contributed by atoms with Crippen molar-refractivity contribution in [3.63, 3.8) is 0 Å². The fourth-order valence-electron chi connectivity index (χ4n) is 1.45. The van der Waals surface area contributed by atoms with Gasteiger partial charge in [0.15, 0.2) is 5.82 Å². The molecule has 1 aromatic heterocycles. The Labute approximate surface area is 90.5 Å². The highest BCUT2D eigenvalue weighted by atomic mass is 15.3. The molecule has 4 nitrogen and oxygen atoms in total. The molecule has 0 unspecified atom stereocenters. The van der Waals surface area contributed by atoms with Gasteiger partial charge in [-0.1, -0.05) is 13.8 Å². The third-order valence-corrected chi connectivity index (χ3v) is 2.09. The summed E-state index contributed by atoms with van der Waals surface area (Å²) in [5.74, 6) is 1.23. The lowest BCUT2D eigenvalue weighted by Gasteiger charge is -2.23. The van der Waals surface area contributed by atoms with Gasteiger partial charge in [-0.15, -0.1) is 5.10 Å². The molecular weight excluding hydrogens is 188 g/mol. The molecule has 80 valence electrons.